The van der Waals surface area contributed by atoms with Gasteiger partial charge in [0.25, 0.3) is 0 Å². The number of nitrogens with zero attached hydrogens (tertiary/aromatic N) is 2. The quantitative estimate of drug-likeness (QED) is 0.942. The third-order valence-electron chi connectivity index (χ3n) is 2.56. The summed E-state index contributed by atoms with van der Waals surface area (Å²) in [5.41, 5.74) is 3.62. The molecule has 4 nitrogen and oxygen atoms in total. The summed E-state index contributed by atoms with van der Waals surface area (Å²) < 4.78 is 0. The Morgan fingerprint density at radius 2 is 2.37 bits per heavy atom. The fraction of sp³-hybridized carbons (Fsp3) is 0.231. The van der Waals surface area contributed by atoms with Gasteiger partial charge in [-0.05, 0) is 17.7 Å². The lowest BCUT2D eigenvalue weighted by molar-refractivity contribution is 0.206. The second-order valence-electron chi connectivity index (χ2n) is 4.12. The Morgan fingerprint density at radius 1 is 1.53 bits per heavy atom. The van der Waals surface area contributed by atoms with Crippen molar-refractivity contribution in [3.63, 3.8) is 0 Å². The van der Waals surface area contributed by atoms with Crippen LogP contribution in [0.25, 0.3) is 0 Å². The Hall–Kier alpha value is -1.59. The van der Waals surface area contributed by atoms with E-state index in [1.54, 1.807) is 17.5 Å². The maximum atomic E-state index is 11.9. The summed E-state index contributed by atoms with van der Waals surface area (Å²) in [6.45, 7) is 0.964. The minimum atomic E-state index is -0.132. The highest BCUT2D eigenvalue weighted by Crippen LogP contribution is 2.12. The predicted octanol–water partition coefficient (Wildman–Crippen LogP) is 3.14. The molecular weight excluding hydrogens is 282 g/mol. The third-order valence-corrected chi connectivity index (χ3v) is 3.43. The molecule has 100 valence electrons. The lowest BCUT2D eigenvalue weighted by Crippen LogP contribution is -2.36. The van der Waals surface area contributed by atoms with E-state index in [0.717, 1.165) is 11.3 Å². The standard InChI is InChI=1S/C13H14ClN3OS/c1-17(7-10-3-2-4-11(14)5-10)13(18)15-6-12-8-19-9-16-12/h2-5,8-9H,6-7H2,1H3,(H,15,18). The summed E-state index contributed by atoms with van der Waals surface area (Å²) >= 11 is 7.42. The molecule has 1 aromatic heterocycles. The molecule has 6 heteroatoms. The van der Waals surface area contributed by atoms with Crippen LogP contribution in [0, 0.1) is 0 Å². The van der Waals surface area contributed by atoms with Gasteiger partial charge in [0.1, 0.15) is 0 Å². The Bertz CT molecular complexity index is 545. The van der Waals surface area contributed by atoms with Crippen molar-refractivity contribution in [3.8, 4) is 0 Å². The van der Waals surface area contributed by atoms with Crippen molar-refractivity contribution in [2.24, 2.45) is 0 Å². The molecule has 0 bridgehead atoms. The molecule has 0 atom stereocenters. The van der Waals surface area contributed by atoms with Gasteiger partial charge in [-0.1, -0.05) is 23.7 Å². The number of rotatable bonds is 4. The molecule has 1 heterocycles. The first-order valence-corrected chi connectivity index (χ1v) is 7.07. The van der Waals surface area contributed by atoms with E-state index >= 15 is 0 Å². The maximum absolute atomic E-state index is 11.9. The number of hydrogen-bond donors (Lipinski definition) is 1. The Labute approximate surface area is 121 Å². The van der Waals surface area contributed by atoms with Crippen LogP contribution in [-0.2, 0) is 13.1 Å². The number of nitrogens with one attached hydrogen (secondary N) is 1. The van der Waals surface area contributed by atoms with Gasteiger partial charge in [0.2, 0.25) is 0 Å². The number of benzene rings is 1. The minimum absolute atomic E-state index is 0.132. The summed E-state index contributed by atoms with van der Waals surface area (Å²) in [4.78, 5) is 17.6. The lowest BCUT2D eigenvalue weighted by Gasteiger charge is -2.17. The number of carbonyl (C=O) groups excluding carboxylic acids is 1. The van der Waals surface area contributed by atoms with Gasteiger partial charge >= 0.3 is 6.03 Å². The number of aromatic nitrogens is 1. The van der Waals surface area contributed by atoms with Crippen LogP contribution in [0.4, 0.5) is 4.79 Å². The van der Waals surface area contributed by atoms with E-state index in [9.17, 15) is 4.79 Å². The van der Waals surface area contributed by atoms with Gasteiger partial charge in [0, 0.05) is 24.0 Å². The molecule has 0 fully saturated rings. The largest absolute Gasteiger partial charge is 0.332 e. The van der Waals surface area contributed by atoms with Crippen LogP contribution in [0.2, 0.25) is 5.02 Å². The molecule has 0 spiro atoms. The van der Waals surface area contributed by atoms with E-state index in [2.05, 4.69) is 10.3 Å². The van der Waals surface area contributed by atoms with Crippen molar-refractivity contribution in [3.05, 3.63) is 51.4 Å². The molecule has 0 aliphatic carbocycles. The molecule has 0 saturated carbocycles. The minimum Gasteiger partial charge on any atom is -0.332 e. The van der Waals surface area contributed by atoms with Gasteiger partial charge in [-0.3, -0.25) is 0 Å². The summed E-state index contributed by atoms with van der Waals surface area (Å²) in [5, 5.41) is 5.41. The van der Waals surface area contributed by atoms with Crippen molar-refractivity contribution in [2.45, 2.75) is 13.1 Å². The summed E-state index contributed by atoms with van der Waals surface area (Å²) in [7, 11) is 1.75. The molecular formula is C13H14ClN3OS. The van der Waals surface area contributed by atoms with Crippen molar-refractivity contribution in [2.75, 3.05) is 7.05 Å². The number of halogens is 1. The molecule has 19 heavy (non-hydrogen) atoms. The third kappa shape index (κ3) is 4.22. The molecule has 1 N–H and O–H groups in total. The maximum Gasteiger partial charge on any atom is 0.317 e. The van der Waals surface area contributed by atoms with Gasteiger partial charge in [-0.2, -0.15) is 0 Å². The highest BCUT2D eigenvalue weighted by atomic mass is 35.5. The molecule has 0 unspecified atom stereocenters. The van der Waals surface area contributed by atoms with Gasteiger partial charge in [-0.25, -0.2) is 9.78 Å². The monoisotopic (exact) mass is 295 g/mol. The van der Waals surface area contributed by atoms with E-state index in [0.29, 0.717) is 18.1 Å². The molecule has 0 saturated heterocycles. The first-order valence-electron chi connectivity index (χ1n) is 5.75. The Balaban J connectivity index is 1.85. The second-order valence-corrected chi connectivity index (χ2v) is 5.28. The van der Waals surface area contributed by atoms with Crippen LogP contribution in [-0.4, -0.2) is 23.0 Å². The van der Waals surface area contributed by atoms with Crippen LogP contribution in [0.3, 0.4) is 0 Å². The highest BCUT2D eigenvalue weighted by molar-refractivity contribution is 7.07. The van der Waals surface area contributed by atoms with Crippen molar-refractivity contribution in [1.82, 2.24) is 15.2 Å². The lowest BCUT2D eigenvalue weighted by atomic mass is 10.2. The smallest absolute Gasteiger partial charge is 0.317 e. The molecule has 1 aromatic carbocycles. The number of thiazole rings is 1. The van der Waals surface area contributed by atoms with E-state index in [1.807, 2.05) is 29.6 Å². The first kappa shape index (κ1) is 13.8. The van der Waals surface area contributed by atoms with Crippen molar-refractivity contribution >= 4 is 29.0 Å². The fourth-order valence-corrected chi connectivity index (χ4v) is 2.38. The molecule has 2 aromatic rings. The van der Waals surface area contributed by atoms with Gasteiger partial charge < -0.3 is 10.2 Å². The van der Waals surface area contributed by atoms with Gasteiger partial charge in [0.15, 0.2) is 0 Å². The molecule has 0 radical (unpaired) electrons. The van der Waals surface area contributed by atoms with Crippen LogP contribution in [0.15, 0.2) is 35.2 Å². The molecule has 2 rings (SSSR count). The van der Waals surface area contributed by atoms with Crippen LogP contribution in [0.1, 0.15) is 11.3 Å². The normalized spacial score (nSPS) is 10.2. The Morgan fingerprint density at radius 3 is 3.05 bits per heavy atom. The number of urea groups is 1. The van der Waals surface area contributed by atoms with E-state index in [1.165, 1.54) is 11.3 Å². The summed E-state index contributed by atoms with van der Waals surface area (Å²) in [5.74, 6) is 0. The van der Waals surface area contributed by atoms with Crippen molar-refractivity contribution < 1.29 is 4.79 Å². The number of hydrogen-bond acceptors (Lipinski definition) is 3. The second kappa shape index (κ2) is 6.54. The Kier molecular flexibility index (Phi) is 4.76. The topological polar surface area (TPSA) is 45.2 Å². The fourth-order valence-electron chi connectivity index (χ4n) is 1.61. The van der Waals surface area contributed by atoms with Crippen LogP contribution in [0.5, 0.6) is 0 Å². The number of carbonyl (C=O) groups is 1. The zero-order valence-electron chi connectivity index (χ0n) is 10.5. The van der Waals surface area contributed by atoms with Crippen LogP contribution < -0.4 is 5.32 Å². The van der Waals surface area contributed by atoms with Gasteiger partial charge in [-0.15, -0.1) is 11.3 Å². The zero-order valence-corrected chi connectivity index (χ0v) is 12.0. The molecule has 2 amide bonds. The highest BCUT2D eigenvalue weighted by Gasteiger charge is 2.09. The average Bonchev–Trinajstić information content (AvgIpc) is 2.89. The van der Waals surface area contributed by atoms with Crippen LogP contribution >= 0.6 is 22.9 Å². The van der Waals surface area contributed by atoms with E-state index < -0.39 is 0 Å². The molecule has 0 aliphatic heterocycles. The van der Waals surface area contributed by atoms with Gasteiger partial charge in [0.05, 0.1) is 17.7 Å². The SMILES string of the molecule is CN(Cc1cccc(Cl)c1)C(=O)NCc1cscn1. The summed E-state index contributed by atoms with van der Waals surface area (Å²) in [6, 6.07) is 7.35. The van der Waals surface area contributed by atoms with E-state index in [-0.39, 0.29) is 6.03 Å². The van der Waals surface area contributed by atoms with E-state index in [4.69, 9.17) is 11.6 Å². The average molecular weight is 296 g/mol. The first-order chi connectivity index (χ1) is 9.15. The summed E-state index contributed by atoms with van der Waals surface area (Å²) in [6.07, 6.45) is 0. The number of amides is 2. The predicted molar refractivity (Wildman–Crippen MR) is 77.3 cm³/mol. The van der Waals surface area contributed by atoms with Crippen molar-refractivity contribution in [1.29, 1.82) is 0 Å². The molecule has 0 aliphatic rings. The zero-order chi connectivity index (χ0) is 13.7.